The van der Waals surface area contributed by atoms with E-state index in [1.165, 1.54) is 6.08 Å². The molecule has 0 aliphatic rings. The third kappa shape index (κ3) is 7.45. The van der Waals surface area contributed by atoms with Crippen molar-refractivity contribution < 1.29 is 28.9 Å². The summed E-state index contributed by atoms with van der Waals surface area (Å²) in [6, 6.07) is 0. The predicted octanol–water partition coefficient (Wildman–Crippen LogP) is -0.839. The minimum Gasteiger partial charge on any atom is -0.479 e. The Morgan fingerprint density at radius 2 is 2.06 bits per heavy atom. The number of carbonyl (C=O) groups excluding carboxylic acids is 1. The van der Waals surface area contributed by atoms with Crippen LogP contribution >= 0.6 is 0 Å². The highest BCUT2D eigenvalue weighted by Gasteiger charge is 2.28. The topological polar surface area (TPSA) is 108 Å². The van der Waals surface area contributed by atoms with Crippen LogP contribution in [0.3, 0.4) is 0 Å². The molecule has 0 saturated heterocycles. The average molecular weight is 247 g/mol. The van der Waals surface area contributed by atoms with Crippen LogP contribution in [0.1, 0.15) is 0 Å². The van der Waals surface area contributed by atoms with Crippen LogP contribution in [-0.4, -0.2) is 56.1 Å². The smallest absolute Gasteiger partial charge is 0.347 e. The van der Waals surface area contributed by atoms with Crippen molar-refractivity contribution in [3.63, 3.8) is 0 Å². The van der Waals surface area contributed by atoms with Gasteiger partial charge in [0.15, 0.2) is 0 Å². The quantitative estimate of drug-likeness (QED) is 0.224. The van der Waals surface area contributed by atoms with E-state index in [0.717, 1.165) is 0 Å². The molecule has 17 heavy (non-hydrogen) atoms. The minimum atomic E-state index is -1.64. The summed E-state index contributed by atoms with van der Waals surface area (Å²) in [4.78, 5) is 21.9. The number of ether oxygens (including phenoxy) is 3. The molecule has 0 fully saturated rings. The summed E-state index contributed by atoms with van der Waals surface area (Å²) in [5.74, 6) is -2.37. The lowest BCUT2D eigenvalue weighted by atomic mass is 10.3. The highest BCUT2D eigenvalue weighted by atomic mass is 16.6. The van der Waals surface area contributed by atoms with Gasteiger partial charge in [-0.25, -0.2) is 9.59 Å². The van der Waals surface area contributed by atoms with Crippen LogP contribution in [0.4, 0.5) is 0 Å². The number of carboxylic acid groups (broad SMARTS) is 1. The largest absolute Gasteiger partial charge is 0.479 e. The van der Waals surface area contributed by atoms with E-state index in [1.54, 1.807) is 0 Å². The first-order chi connectivity index (χ1) is 8.13. The Morgan fingerprint density at radius 1 is 1.35 bits per heavy atom. The van der Waals surface area contributed by atoms with Gasteiger partial charge < -0.3 is 25.1 Å². The Morgan fingerprint density at radius 3 is 2.59 bits per heavy atom. The Balaban J connectivity index is 3.93. The number of nitrogens with two attached hydrogens (primary N) is 1. The van der Waals surface area contributed by atoms with Crippen molar-refractivity contribution in [2.75, 3.05) is 33.0 Å². The first-order valence-electron chi connectivity index (χ1n) is 5.03. The standard InChI is InChI=1S/C10H17NO6/c1-2-4-17-10(14)8(9(12)13)16-7-6-15-5-3-11/h2,8H,1,3-7,11H2,(H,12,13). The molecule has 1 unspecified atom stereocenters. The van der Waals surface area contributed by atoms with Crippen LogP contribution in [-0.2, 0) is 23.8 Å². The SMILES string of the molecule is C=CCOC(=O)C(OCCOCCN)C(=O)O. The number of carboxylic acids is 1. The Bertz CT molecular complexity index is 255. The summed E-state index contributed by atoms with van der Waals surface area (Å²) >= 11 is 0. The summed E-state index contributed by atoms with van der Waals surface area (Å²) < 4.78 is 14.4. The van der Waals surface area contributed by atoms with Crippen LogP contribution in [0.5, 0.6) is 0 Å². The zero-order valence-electron chi connectivity index (χ0n) is 9.46. The lowest BCUT2D eigenvalue weighted by molar-refractivity contribution is -0.170. The summed E-state index contributed by atoms with van der Waals surface area (Å²) in [6.45, 7) is 4.12. The molecular formula is C10H17NO6. The molecule has 0 rings (SSSR count). The summed E-state index contributed by atoms with van der Waals surface area (Å²) in [5.41, 5.74) is 5.18. The van der Waals surface area contributed by atoms with Crippen LogP contribution < -0.4 is 5.73 Å². The van der Waals surface area contributed by atoms with Crippen molar-refractivity contribution in [1.29, 1.82) is 0 Å². The molecule has 7 nitrogen and oxygen atoms in total. The van der Waals surface area contributed by atoms with Gasteiger partial charge in [0.05, 0.1) is 19.8 Å². The molecule has 0 aliphatic carbocycles. The zero-order valence-corrected chi connectivity index (χ0v) is 9.46. The molecule has 0 radical (unpaired) electrons. The zero-order chi connectivity index (χ0) is 13.1. The molecule has 0 aliphatic heterocycles. The molecule has 7 heteroatoms. The maximum atomic E-state index is 11.2. The van der Waals surface area contributed by atoms with Gasteiger partial charge in [0.2, 0.25) is 0 Å². The van der Waals surface area contributed by atoms with Gasteiger partial charge in [0.1, 0.15) is 6.61 Å². The molecule has 0 spiro atoms. The van der Waals surface area contributed by atoms with Crippen molar-refractivity contribution in [3.8, 4) is 0 Å². The molecule has 98 valence electrons. The second-order valence-electron chi connectivity index (χ2n) is 2.91. The fourth-order valence-corrected chi connectivity index (χ4v) is 0.867. The van der Waals surface area contributed by atoms with Gasteiger partial charge in [0, 0.05) is 6.54 Å². The monoisotopic (exact) mass is 247 g/mol. The molecule has 3 N–H and O–H groups in total. The predicted molar refractivity (Wildman–Crippen MR) is 58.4 cm³/mol. The van der Waals surface area contributed by atoms with Crippen LogP contribution in [0.25, 0.3) is 0 Å². The number of carbonyl (C=O) groups is 2. The van der Waals surface area contributed by atoms with Crippen molar-refractivity contribution >= 4 is 11.9 Å². The van der Waals surface area contributed by atoms with Crippen LogP contribution in [0, 0.1) is 0 Å². The van der Waals surface area contributed by atoms with E-state index in [4.69, 9.17) is 20.3 Å². The van der Waals surface area contributed by atoms with Gasteiger partial charge in [-0.1, -0.05) is 12.7 Å². The Hall–Kier alpha value is -1.44. The molecule has 0 bridgehead atoms. The maximum absolute atomic E-state index is 11.2. The molecule has 0 aromatic heterocycles. The third-order valence-electron chi connectivity index (χ3n) is 1.56. The summed E-state index contributed by atoms with van der Waals surface area (Å²) in [5, 5.41) is 8.73. The molecule has 1 atom stereocenters. The fourth-order valence-electron chi connectivity index (χ4n) is 0.867. The van der Waals surface area contributed by atoms with E-state index >= 15 is 0 Å². The van der Waals surface area contributed by atoms with E-state index in [0.29, 0.717) is 13.2 Å². The van der Waals surface area contributed by atoms with Gasteiger partial charge in [-0.15, -0.1) is 0 Å². The first-order valence-corrected chi connectivity index (χ1v) is 5.03. The highest BCUT2D eigenvalue weighted by Crippen LogP contribution is 1.97. The van der Waals surface area contributed by atoms with Gasteiger partial charge in [0.25, 0.3) is 6.10 Å². The van der Waals surface area contributed by atoms with E-state index in [9.17, 15) is 9.59 Å². The van der Waals surface area contributed by atoms with Gasteiger partial charge >= 0.3 is 11.9 Å². The Kier molecular flexibility index (Phi) is 8.94. The number of esters is 1. The summed E-state index contributed by atoms with van der Waals surface area (Å²) in [7, 11) is 0. The average Bonchev–Trinajstić information content (AvgIpc) is 2.30. The van der Waals surface area contributed by atoms with Crippen molar-refractivity contribution in [1.82, 2.24) is 0 Å². The third-order valence-corrected chi connectivity index (χ3v) is 1.56. The van der Waals surface area contributed by atoms with Crippen molar-refractivity contribution in [3.05, 3.63) is 12.7 Å². The number of aliphatic carboxylic acids is 1. The number of hydrogen-bond donors (Lipinski definition) is 2. The normalized spacial score (nSPS) is 11.8. The number of rotatable bonds is 10. The maximum Gasteiger partial charge on any atom is 0.347 e. The van der Waals surface area contributed by atoms with E-state index in [-0.39, 0.29) is 19.8 Å². The molecule has 0 heterocycles. The molecule has 0 aromatic carbocycles. The molecule has 0 saturated carbocycles. The van der Waals surface area contributed by atoms with Crippen LogP contribution in [0.15, 0.2) is 12.7 Å². The van der Waals surface area contributed by atoms with Crippen molar-refractivity contribution in [2.24, 2.45) is 5.73 Å². The van der Waals surface area contributed by atoms with Gasteiger partial charge in [-0.2, -0.15) is 0 Å². The molecule has 0 aromatic rings. The Labute approximate surface area is 99.1 Å². The second kappa shape index (κ2) is 9.76. The molecule has 0 amide bonds. The van der Waals surface area contributed by atoms with E-state index in [2.05, 4.69) is 11.3 Å². The highest BCUT2D eigenvalue weighted by molar-refractivity contribution is 5.97. The van der Waals surface area contributed by atoms with Gasteiger partial charge in [-0.05, 0) is 0 Å². The van der Waals surface area contributed by atoms with Crippen LogP contribution in [0.2, 0.25) is 0 Å². The minimum absolute atomic E-state index is 0.0276. The molecular weight excluding hydrogens is 230 g/mol. The van der Waals surface area contributed by atoms with Gasteiger partial charge in [-0.3, -0.25) is 0 Å². The van der Waals surface area contributed by atoms with Crippen molar-refractivity contribution in [2.45, 2.75) is 6.10 Å². The first kappa shape index (κ1) is 15.6. The second-order valence-corrected chi connectivity index (χ2v) is 2.91. The summed E-state index contributed by atoms with van der Waals surface area (Å²) in [6.07, 6.45) is -0.308. The number of hydrogen-bond acceptors (Lipinski definition) is 6. The fraction of sp³-hybridized carbons (Fsp3) is 0.600. The lowest BCUT2D eigenvalue weighted by Crippen LogP contribution is -2.35. The van der Waals surface area contributed by atoms with E-state index < -0.39 is 18.0 Å². The lowest BCUT2D eigenvalue weighted by Gasteiger charge is -2.12. The van der Waals surface area contributed by atoms with E-state index in [1.807, 2.05) is 0 Å².